The summed E-state index contributed by atoms with van der Waals surface area (Å²) in [5.41, 5.74) is 6.76. The fraction of sp³-hybridized carbons (Fsp3) is 0.571. The van der Waals surface area contributed by atoms with E-state index < -0.39 is 0 Å². The van der Waals surface area contributed by atoms with Gasteiger partial charge in [0.1, 0.15) is 11.5 Å². The quantitative estimate of drug-likeness (QED) is 0.869. The van der Waals surface area contributed by atoms with E-state index in [9.17, 15) is 0 Å². The van der Waals surface area contributed by atoms with Crippen LogP contribution < -0.4 is 20.1 Å². The normalized spacial score (nSPS) is 19.3. The Hall–Kier alpha value is -1.46. The van der Waals surface area contributed by atoms with Crippen LogP contribution in [-0.2, 0) is 4.74 Å². The molecule has 1 aliphatic rings. The highest BCUT2D eigenvalue weighted by atomic mass is 16.5. The van der Waals surface area contributed by atoms with Gasteiger partial charge in [-0.05, 0) is 25.1 Å². The van der Waals surface area contributed by atoms with Crippen LogP contribution in [0.15, 0.2) is 18.2 Å². The molecule has 19 heavy (non-hydrogen) atoms. The summed E-state index contributed by atoms with van der Waals surface area (Å²) in [4.78, 5) is 2.31. The lowest BCUT2D eigenvalue weighted by atomic mass is 10.1. The molecule has 106 valence electrons. The lowest BCUT2D eigenvalue weighted by Crippen LogP contribution is -2.46. The van der Waals surface area contributed by atoms with Crippen molar-refractivity contribution in [1.82, 2.24) is 0 Å². The van der Waals surface area contributed by atoms with E-state index in [1.54, 1.807) is 14.2 Å². The first-order valence-corrected chi connectivity index (χ1v) is 6.56. The van der Waals surface area contributed by atoms with Crippen LogP contribution in [0.1, 0.15) is 6.42 Å². The molecule has 1 aromatic rings. The van der Waals surface area contributed by atoms with Gasteiger partial charge in [-0.25, -0.2) is 0 Å². The molecule has 0 bridgehead atoms. The molecule has 0 saturated carbocycles. The predicted octanol–water partition coefficient (Wildman–Crippen LogP) is 1.26. The van der Waals surface area contributed by atoms with Gasteiger partial charge in [-0.1, -0.05) is 0 Å². The minimum absolute atomic E-state index is 0.307. The third-order valence-corrected chi connectivity index (χ3v) is 3.42. The summed E-state index contributed by atoms with van der Waals surface area (Å²) in [6, 6.07) is 6.20. The van der Waals surface area contributed by atoms with Crippen LogP contribution in [0.4, 0.5) is 5.69 Å². The third kappa shape index (κ3) is 3.11. The molecule has 1 atom stereocenters. The Balaban J connectivity index is 2.27. The van der Waals surface area contributed by atoms with Gasteiger partial charge < -0.3 is 24.8 Å². The Morgan fingerprint density at radius 1 is 1.37 bits per heavy atom. The summed E-state index contributed by atoms with van der Waals surface area (Å²) < 4.78 is 16.2. The Labute approximate surface area is 114 Å². The Kier molecular flexibility index (Phi) is 4.87. The maximum Gasteiger partial charge on any atom is 0.145 e. The molecule has 1 aliphatic heterocycles. The largest absolute Gasteiger partial charge is 0.497 e. The highest BCUT2D eigenvalue weighted by molar-refractivity contribution is 5.62. The van der Waals surface area contributed by atoms with E-state index in [4.69, 9.17) is 19.9 Å². The molecule has 5 heteroatoms. The first kappa shape index (κ1) is 14.0. The molecule has 0 spiro atoms. The van der Waals surface area contributed by atoms with Gasteiger partial charge in [0, 0.05) is 12.6 Å². The number of nitrogens with two attached hydrogens (primary N) is 1. The number of anilines is 1. The number of hydrogen-bond acceptors (Lipinski definition) is 5. The lowest BCUT2D eigenvalue weighted by Gasteiger charge is -2.38. The summed E-state index contributed by atoms with van der Waals surface area (Å²) in [7, 11) is 3.33. The average molecular weight is 266 g/mol. The molecule has 0 amide bonds. The molecule has 2 rings (SSSR count). The number of rotatable bonds is 5. The number of methoxy groups -OCH3 is 2. The number of ether oxygens (including phenoxy) is 3. The van der Waals surface area contributed by atoms with Gasteiger partial charge in [-0.2, -0.15) is 0 Å². The number of benzene rings is 1. The number of hydrogen-bond donors (Lipinski definition) is 1. The molecule has 1 aromatic carbocycles. The average Bonchev–Trinajstić information content (AvgIpc) is 2.47. The van der Waals surface area contributed by atoms with Crippen LogP contribution >= 0.6 is 0 Å². The van der Waals surface area contributed by atoms with E-state index >= 15 is 0 Å². The van der Waals surface area contributed by atoms with Gasteiger partial charge in [0.2, 0.25) is 0 Å². The van der Waals surface area contributed by atoms with Crippen molar-refractivity contribution in [3.8, 4) is 11.5 Å². The van der Waals surface area contributed by atoms with Crippen molar-refractivity contribution in [2.45, 2.75) is 12.5 Å². The first-order chi connectivity index (χ1) is 9.30. The highest BCUT2D eigenvalue weighted by Gasteiger charge is 2.25. The van der Waals surface area contributed by atoms with Crippen LogP contribution in [-0.4, -0.2) is 46.6 Å². The summed E-state index contributed by atoms with van der Waals surface area (Å²) in [5, 5.41) is 0. The number of nitrogens with zero attached hydrogens (tertiary/aromatic N) is 1. The molecule has 1 unspecified atom stereocenters. The van der Waals surface area contributed by atoms with Crippen molar-refractivity contribution in [2.24, 2.45) is 5.73 Å². The summed E-state index contributed by atoms with van der Waals surface area (Å²) in [6.07, 6.45) is 0.912. The van der Waals surface area contributed by atoms with E-state index in [2.05, 4.69) is 4.90 Å². The summed E-state index contributed by atoms with van der Waals surface area (Å²) >= 11 is 0. The highest BCUT2D eigenvalue weighted by Crippen LogP contribution is 2.34. The van der Waals surface area contributed by atoms with Gasteiger partial charge in [-0.3, -0.25) is 0 Å². The molecule has 1 saturated heterocycles. The summed E-state index contributed by atoms with van der Waals surface area (Å²) in [5.74, 6) is 1.62. The van der Waals surface area contributed by atoms with Gasteiger partial charge in [0.15, 0.2) is 0 Å². The second-order valence-electron chi connectivity index (χ2n) is 4.54. The smallest absolute Gasteiger partial charge is 0.145 e. The van der Waals surface area contributed by atoms with Crippen LogP contribution in [0.2, 0.25) is 0 Å². The van der Waals surface area contributed by atoms with Crippen LogP contribution in [0.5, 0.6) is 11.5 Å². The molecule has 0 radical (unpaired) electrons. The zero-order chi connectivity index (χ0) is 13.7. The van der Waals surface area contributed by atoms with Crippen molar-refractivity contribution in [3.63, 3.8) is 0 Å². The van der Waals surface area contributed by atoms with Crippen molar-refractivity contribution in [3.05, 3.63) is 18.2 Å². The number of morpholine rings is 1. The first-order valence-electron chi connectivity index (χ1n) is 6.56. The standard InChI is InChI=1S/C14H22N2O3/c1-17-12-3-4-13(14(9-12)18-2)16-7-8-19-10-11(16)5-6-15/h3-4,9,11H,5-8,10,15H2,1-2H3. The van der Waals surface area contributed by atoms with Crippen molar-refractivity contribution in [1.29, 1.82) is 0 Å². The Bertz CT molecular complexity index is 410. The topological polar surface area (TPSA) is 57.0 Å². The van der Waals surface area contributed by atoms with Crippen molar-refractivity contribution < 1.29 is 14.2 Å². The minimum Gasteiger partial charge on any atom is -0.497 e. The molecule has 0 aliphatic carbocycles. The molecular formula is C14H22N2O3. The predicted molar refractivity (Wildman–Crippen MR) is 75.2 cm³/mol. The van der Waals surface area contributed by atoms with Gasteiger partial charge in [-0.15, -0.1) is 0 Å². The molecule has 1 fully saturated rings. The second kappa shape index (κ2) is 6.63. The maximum atomic E-state index is 5.68. The fourth-order valence-electron chi connectivity index (χ4n) is 2.43. The molecular weight excluding hydrogens is 244 g/mol. The fourth-order valence-corrected chi connectivity index (χ4v) is 2.43. The maximum absolute atomic E-state index is 5.68. The Morgan fingerprint density at radius 3 is 2.89 bits per heavy atom. The second-order valence-corrected chi connectivity index (χ2v) is 4.54. The van der Waals surface area contributed by atoms with Crippen LogP contribution in [0, 0.1) is 0 Å². The van der Waals surface area contributed by atoms with E-state index in [1.165, 1.54) is 0 Å². The third-order valence-electron chi connectivity index (χ3n) is 3.42. The molecule has 5 nitrogen and oxygen atoms in total. The van der Waals surface area contributed by atoms with Crippen molar-refractivity contribution >= 4 is 5.69 Å². The van der Waals surface area contributed by atoms with E-state index in [0.717, 1.165) is 36.8 Å². The van der Waals surface area contributed by atoms with Crippen LogP contribution in [0.25, 0.3) is 0 Å². The molecule has 0 aromatic heterocycles. The lowest BCUT2D eigenvalue weighted by molar-refractivity contribution is 0.0919. The minimum atomic E-state index is 0.307. The monoisotopic (exact) mass is 266 g/mol. The molecule has 2 N–H and O–H groups in total. The summed E-state index contributed by atoms with van der Waals surface area (Å²) in [6.45, 7) is 2.96. The zero-order valence-electron chi connectivity index (χ0n) is 11.6. The van der Waals surface area contributed by atoms with Gasteiger partial charge in [0.05, 0.1) is 39.2 Å². The van der Waals surface area contributed by atoms with E-state index in [-0.39, 0.29) is 0 Å². The SMILES string of the molecule is COc1ccc(N2CCOCC2CCN)c(OC)c1. The van der Waals surface area contributed by atoms with Gasteiger partial charge >= 0.3 is 0 Å². The van der Waals surface area contributed by atoms with Crippen molar-refractivity contribution in [2.75, 3.05) is 45.4 Å². The van der Waals surface area contributed by atoms with E-state index in [1.807, 2.05) is 18.2 Å². The van der Waals surface area contributed by atoms with Gasteiger partial charge in [0.25, 0.3) is 0 Å². The van der Waals surface area contributed by atoms with Crippen LogP contribution in [0.3, 0.4) is 0 Å². The van der Waals surface area contributed by atoms with E-state index in [0.29, 0.717) is 19.2 Å². The molecule has 1 heterocycles. The zero-order valence-corrected chi connectivity index (χ0v) is 11.6. The Morgan fingerprint density at radius 2 is 2.21 bits per heavy atom.